The second-order valence-electron chi connectivity index (χ2n) is 4.14. The van der Waals surface area contributed by atoms with Gasteiger partial charge in [0.25, 0.3) is 0 Å². The molecule has 0 aliphatic heterocycles. The summed E-state index contributed by atoms with van der Waals surface area (Å²) in [6, 6.07) is 1.15. The average molecular weight is 368 g/mol. The van der Waals surface area contributed by atoms with Crippen molar-refractivity contribution in [2.24, 2.45) is 11.7 Å². The predicted octanol–water partition coefficient (Wildman–Crippen LogP) is 4.20. The van der Waals surface area contributed by atoms with Crippen LogP contribution in [0.4, 0.5) is 30.7 Å². The van der Waals surface area contributed by atoms with E-state index in [1.54, 1.807) is 0 Å². The second-order valence-corrected chi connectivity index (χ2v) is 4.93. The average Bonchev–Trinajstić information content (AvgIpc) is 2.20. The van der Waals surface area contributed by atoms with Crippen molar-refractivity contribution in [3.63, 3.8) is 0 Å². The molecule has 1 atom stereocenters. The number of nitrogens with two attached hydrogens (primary N) is 1. The Morgan fingerprint density at radius 1 is 1.05 bits per heavy atom. The van der Waals surface area contributed by atoms with E-state index in [-0.39, 0.29) is 10.0 Å². The Kier molecular flexibility index (Phi) is 5.07. The molecular formula is C11H9BrF7N. The summed E-state index contributed by atoms with van der Waals surface area (Å²) in [5.41, 5.74) is 5.00. The van der Waals surface area contributed by atoms with Crippen LogP contribution in [0.5, 0.6) is 0 Å². The maximum absolute atomic E-state index is 13.2. The Balaban J connectivity index is 3.04. The van der Waals surface area contributed by atoms with Crippen LogP contribution in [0.25, 0.3) is 0 Å². The Morgan fingerprint density at radius 3 is 2.00 bits per heavy atom. The Bertz CT molecular complexity index is 455. The van der Waals surface area contributed by atoms with Crippen LogP contribution in [-0.2, 0) is 6.42 Å². The van der Waals surface area contributed by atoms with E-state index in [0.29, 0.717) is 0 Å². The van der Waals surface area contributed by atoms with Gasteiger partial charge >= 0.3 is 12.4 Å². The summed E-state index contributed by atoms with van der Waals surface area (Å²) < 4.78 is 87.8. The van der Waals surface area contributed by atoms with Crippen LogP contribution in [0, 0.1) is 11.7 Å². The zero-order valence-electron chi connectivity index (χ0n) is 9.69. The molecule has 0 aliphatic carbocycles. The van der Waals surface area contributed by atoms with E-state index in [0.717, 1.165) is 6.07 Å². The van der Waals surface area contributed by atoms with Gasteiger partial charge in [-0.1, -0.05) is 12.1 Å². The van der Waals surface area contributed by atoms with Gasteiger partial charge in [0.1, 0.15) is 5.82 Å². The standard InChI is InChI=1S/C11H9BrF7N/c12-8-5(2-1-3-6(8)13)4-7(20)9(10(14,15)16)11(17,18)19/h1-3,7,9H,4,20H2. The Morgan fingerprint density at radius 2 is 1.55 bits per heavy atom. The van der Waals surface area contributed by atoms with Crippen LogP contribution in [0.3, 0.4) is 0 Å². The number of rotatable bonds is 3. The van der Waals surface area contributed by atoms with Gasteiger partial charge < -0.3 is 5.73 Å². The molecule has 114 valence electrons. The number of hydrogen-bond acceptors (Lipinski definition) is 1. The molecule has 1 unspecified atom stereocenters. The summed E-state index contributed by atoms with van der Waals surface area (Å²) in [6.07, 6.45) is -11.8. The Labute approximate surface area is 118 Å². The minimum absolute atomic E-state index is 0.0593. The first-order valence-electron chi connectivity index (χ1n) is 5.26. The van der Waals surface area contributed by atoms with Crippen molar-refractivity contribution >= 4 is 15.9 Å². The van der Waals surface area contributed by atoms with Crippen molar-refractivity contribution in [3.8, 4) is 0 Å². The van der Waals surface area contributed by atoms with Gasteiger partial charge in [0.15, 0.2) is 5.92 Å². The molecule has 0 spiro atoms. The fourth-order valence-electron chi connectivity index (χ4n) is 1.75. The lowest BCUT2D eigenvalue weighted by Crippen LogP contribution is -2.49. The van der Waals surface area contributed by atoms with Gasteiger partial charge in [0, 0.05) is 6.04 Å². The molecule has 20 heavy (non-hydrogen) atoms. The molecule has 0 bridgehead atoms. The van der Waals surface area contributed by atoms with Crippen LogP contribution in [0.2, 0.25) is 0 Å². The topological polar surface area (TPSA) is 26.0 Å². The van der Waals surface area contributed by atoms with Gasteiger partial charge in [0.2, 0.25) is 0 Å². The number of hydrogen-bond donors (Lipinski definition) is 1. The van der Waals surface area contributed by atoms with Crippen molar-refractivity contribution in [1.29, 1.82) is 0 Å². The zero-order chi connectivity index (χ0) is 15.7. The summed E-state index contributed by atoms with van der Waals surface area (Å²) in [7, 11) is 0. The third-order valence-corrected chi connectivity index (χ3v) is 3.51. The van der Waals surface area contributed by atoms with E-state index in [4.69, 9.17) is 5.73 Å². The van der Waals surface area contributed by atoms with Crippen molar-refractivity contribution < 1.29 is 30.7 Å². The van der Waals surface area contributed by atoms with Crippen molar-refractivity contribution in [2.75, 3.05) is 0 Å². The number of halogens is 8. The molecule has 2 N–H and O–H groups in total. The largest absolute Gasteiger partial charge is 0.402 e. The van der Waals surface area contributed by atoms with Crippen LogP contribution >= 0.6 is 15.9 Å². The molecule has 0 aliphatic rings. The van der Waals surface area contributed by atoms with E-state index >= 15 is 0 Å². The highest BCUT2D eigenvalue weighted by Gasteiger charge is 2.59. The summed E-state index contributed by atoms with van der Waals surface area (Å²) >= 11 is 2.77. The van der Waals surface area contributed by atoms with E-state index in [2.05, 4.69) is 15.9 Å². The van der Waals surface area contributed by atoms with Gasteiger partial charge in [-0.3, -0.25) is 0 Å². The molecular weight excluding hydrogens is 359 g/mol. The SMILES string of the molecule is NC(Cc1cccc(F)c1Br)C(C(F)(F)F)C(F)(F)F. The van der Waals surface area contributed by atoms with E-state index in [1.165, 1.54) is 12.1 Å². The van der Waals surface area contributed by atoms with Crippen molar-refractivity contribution in [2.45, 2.75) is 24.8 Å². The molecule has 0 saturated heterocycles. The first-order chi connectivity index (χ1) is 8.94. The van der Waals surface area contributed by atoms with Crippen LogP contribution in [0.1, 0.15) is 5.56 Å². The fourth-order valence-corrected chi connectivity index (χ4v) is 2.18. The molecule has 0 amide bonds. The molecule has 1 aromatic rings. The smallest absolute Gasteiger partial charge is 0.327 e. The minimum atomic E-state index is -5.52. The van der Waals surface area contributed by atoms with Crippen LogP contribution in [-0.4, -0.2) is 18.4 Å². The van der Waals surface area contributed by atoms with E-state index in [9.17, 15) is 30.7 Å². The molecule has 0 radical (unpaired) electrons. The molecule has 1 aromatic carbocycles. The zero-order valence-corrected chi connectivity index (χ0v) is 11.3. The first kappa shape index (κ1) is 17.2. The molecule has 1 nitrogen and oxygen atoms in total. The minimum Gasteiger partial charge on any atom is -0.327 e. The quantitative estimate of drug-likeness (QED) is 0.796. The highest BCUT2D eigenvalue weighted by Crippen LogP contribution is 2.41. The molecule has 0 fully saturated rings. The second kappa shape index (κ2) is 5.88. The maximum Gasteiger partial charge on any atom is 0.402 e. The summed E-state index contributed by atoms with van der Waals surface area (Å²) in [6.45, 7) is 0. The Hall–Kier alpha value is -0.830. The third-order valence-electron chi connectivity index (χ3n) is 2.62. The van der Waals surface area contributed by atoms with Gasteiger partial charge in [-0.05, 0) is 34.0 Å². The van der Waals surface area contributed by atoms with Crippen molar-refractivity contribution in [1.82, 2.24) is 0 Å². The summed E-state index contributed by atoms with van der Waals surface area (Å²) in [5, 5.41) is 0. The van der Waals surface area contributed by atoms with E-state index in [1.807, 2.05) is 0 Å². The van der Waals surface area contributed by atoms with Gasteiger partial charge in [-0.25, -0.2) is 4.39 Å². The summed E-state index contributed by atoms with van der Waals surface area (Å²) in [5.74, 6) is -4.45. The van der Waals surface area contributed by atoms with Gasteiger partial charge in [0.05, 0.1) is 4.47 Å². The highest BCUT2D eigenvalue weighted by atomic mass is 79.9. The molecule has 0 saturated carbocycles. The first-order valence-corrected chi connectivity index (χ1v) is 6.05. The van der Waals surface area contributed by atoms with Crippen molar-refractivity contribution in [3.05, 3.63) is 34.1 Å². The molecule has 0 heterocycles. The van der Waals surface area contributed by atoms with Crippen LogP contribution < -0.4 is 5.73 Å². The number of alkyl halides is 6. The molecule has 0 aromatic heterocycles. The van der Waals surface area contributed by atoms with Gasteiger partial charge in [-0.15, -0.1) is 0 Å². The lowest BCUT2D eigenvalue weighted by atomic mass is 9.93. The number of benzene rings is 1. The lowest BCUT2D eigenvalue weighted by Gasteiger charge is -2.28. The predicted molar refractivity (Wildman–Crippen MR) is 61.4 cm³/mol. The van der Waals surface area contributed by atoms with Crippen LogP contribution in [0.15, 0.2) is 22.7 Å². The summed E-state index contributed by atoms with van der Waals surface area (Å²) in [4.78, 5) is 0. The third kappa shape index (κ3) is 4.08. The highest BCUT2D eigenvalue weighted by molar-refractivity contribution is 9.10. The fraction of sp³-hybridized carbons (Fsp3) is 0.455. The van der Waals surface area contributed by atoms with E-state index < -0.39 is 36.6 Å². The maximum atomic E-state index is 13.2. The lowest BCUT2D eigenvalue weighted by molar-refractivity contribution is -0.289. The normalized spacial score (nSPS) is 14.7. The molecule has 1 rings (SSSR count). The monoisotopic (exact) mass is 367 g/mol. The van der Waals surface area contributed by atoms with Gasteiger partial charge in [-0.2, -0.15) is 26.3 Å². The molecule has 9 heteroatoms.